The highest BCUT2D eigenvalue weighted by Crippen LogP contribution is 2.63. The van der Waals surface area contributed by atoms with E-state index in [4.69, 9.17) is 5.11 Å². The van der Waals surface area contributed by atoms with E-state index in [-0.39, 0.29) is 24.3 Å². The summed E-state index contributed by atoms with van der Waals surface area (Å²) in [5.74, 6) is 0.897. The van der Waals surface area contributed by atoms with Gasteiger partial charge < -0.3 is 10.0 Å². The standard InChI is InChI=1S/C28H32N2O3/c1-28-13-11-22-21-7-6-19(27(33)30(2)15-12-26(31)32)16-18(21)5-8-23(22)25(28)10-9-24(28)20-4-3-14-29-17-20/h3-4,6-7,9,14,16-17,22-23,25H,5,8,10-13,15H2,1-2H3,(H,31,32)/t22?,23?,25?,28-/m1/s1. The van der Waals surface area contributed by atoms with Crippen molar-refractivity contribution in [2.75, 3.05) is 13.6 Å². The third-order valence-electron chi connectivity index (χ3n) is 8.53. The van der Waals surface area contributed by atoms with Crippen LogP contribution < -0.4 is 0 Å². The summed E-state index contributed by atoms with van der Waals surface area (Å²) in [6.45, 7) is 2.69. The minimum absolute atomic E-state index is 0.0356. The van der Waals surface area contributed by atoms with Crippen molar-refractivity contribution in [1.82, 2.24) is 9.88 Å². The van der Waals surface area contributed by atoms with Gasteiger partial charge in [0.1, 0.15) is 0 Å². The van der Waals surface area contributed by atoms with Gasteiger partial charge in [-0.15, -0.1) is 0 Å². The number of pyridine rings is 1. The van der Waals surface area contributed by atoms with Crippen molar-refractivity contribution in [3.63, 3.8) is 0 Å². The number of hydrogen-bond acceptors (Lipinski definition) is 3. The van der Waals surface area contributed by atoms with Crippen molar-refractivity contribution in [3.8, 4) is 0 Å². The molecule has 33 heavy (non-hydrogen) atoms. The van der Waals surface area contributed by atoms with Crippen LogP contribution in [0.15, 0.2) is 48.8 Å². The van der Waals surface area contributed by atoms with Crippen LogP contribution in [-0.4, -0.2) is 40.5 Å². The molecule has 1 aromatic heterocycles. The molecular weight excluding hydrogens is 412 g/mol. The molecule has 5 heteroatoms. The molecule has 0 spiro atoms. The lowest BCUT2D eigenvalue weighted by Crippen LogP contribution is -2.41. The molecule has 0 radical (unpaired) electrons. The maximum atomic E-state index is 12.8. The fraction of sp³-hybridized carbons (Fsp3) is 0.464. The predicted molar refractivity (Wildman–Crippen MR) is 128 cm³/mol. The summed E-state index contributed by atoms with van der Waals surface area (Å²) >= 11 is 0. The highest BCUT2D eigenvalue weighted by atomic mass is 16.4. The molecule has 3 unspecified atom stereocenters. The summed E-state index contributed by atoms with van der Waals surface area (Å²) in [5.41, 5.74) is 6.36. The van der Waals surface area contributed by atoms with Crippen LogP contribution >= 0.6 is 0 Å². The number of rotatable bonds is 5. The molecule has 3 aliphatic carbocycles. The van der Waals surface area contributed by atoms with Crippen molar-refractivity contribution in [1.29, 1.82) is 0 Å². The molecule has 1 fully saturated rings. The number of fused-ring (bicyclic) bond motifs is 5. The third kappa shape index (κ3) is 3.77. The second-order valence-electron chi connectivity index (χ2n) is 10.3. The lowest BCUT2D eigenvalue weighted by atomic mass is 9.54. The zero-order valence-corrected chi connectivity index (χ0v) is 19.5. The molecule has 0 saturated heterocycles. The molecule has 5 rings (SSSR count). The number of benzene rings is 1. The summed E-state index contributed by atoms with van der Waals surface area (Å²) in [4.78, 5) is 29.5. The van der Waals surface area contributed by atoms with E-state index in [2.05, 4.69) is 36.2 Å². The fourth-order valence-corrected chi connectivity index (χ4v) is 6.84. The zero-order valence-electron chi connectivity index (χ0n) is 19.5. The smallest absolute Gasteiger partial charge is 0.305 e. The maximum absolute atomic E-state index is 12.8. The first kappa shape index (κ1) is 21.9. The number of carboxylic acid groups (broad SMARTS) is 1. The molecule has 1 N–H and O–H groups in total. The molecule has 1 aromatic carbocycles. The summed E-state index contributed by atoms with van der Waals surface area (Å²) in [6.07, 6.45) is 11.9. The lowest BCUT2D eigenvalue weighted by Gasteiger charge is -2.50. The Bertz CT molecular complexity index is 1110. The van der Waals surface area contributed by atoms with E-state index < -0.39 is 5.97 Å². The first-order valence-corrected chi connectivity index (χ1v) is 12.1. The normalized spacial score (nSPS) is 27.7. The van der Waals surface area contributed by atoms with Crippen LogP contribution in [0.5, 0.6) is 0 Å². The van der Waals surface area contributed by atoms with E-state index in [1.165, 1.54) is 46.4 Å². The van der Waals surface area contributed by atoms with E-state index in [1.54, 1.807) is 7.05 Å². The molecule has 4 atom stereocenters. The van der Waals surface area contributed by atoms with Crippen LogP contribution in [0.1, 0.15) is 72.0 Å². The van der Waals surface area contributed by atoms with Gasteiger partial charge in [-0.3, -0.25) is 14.6 Å². The summed E-state index contributed by atoms with van der Waals surface area (Å²) in [6, 6.07) is 10.4. The molecular formula is C28H32N2O3. The minimum atomic E-state index is -0.886. The third-order valence-corrected chi connectivity index (χ3v) is 8.53. The van der Waals surface area contributed by atoms with Crippen LogP contribution in [0.25, 0.3) is 5.57 Å². The highest BCUT2D eigenvalue weighted by molar-refractivity contribution is 5.94. The number of carbonyl (C=O) groups is 2. The Morgan fingerprint density at radius 3 is 2.85 bits per heavy atom. The second kappa shape index (κ2) is 8.44. The van der Waals surface area contributed by atoms with E-state index >= 15 is 0 Å². The molecule has 5 nitrogen and oxygen atoms in total. The van der Waals surface area contributed by atoms with Crippen LogP contribution in [0.4, 0.5) is 0 Å². The topological polar surface area (TPSA) is 70.5 Å². The maximum Gasteiger partial charge on any atom is 0.305 e. The number of allylic oxidation sites excluding steroid dienone is 2. The van der Waals surface area contributed by atoms with Gasteiger partial charge in [0.15, 0.2) is 0 Å². The second-order valence-corrected chi connectivity index (χ2v) is 10.3. The van der Waals surface area contributed by atoms with Gasteiger partial charge in [-0.25, -0.2) is 0 Å². The van der Waals surface area contributed by atoms with Gasteiger partial charge in [-0.1, -0.05) is 25.1 Å². The van der Waals surface area contributed by atoms with E-state index in [0.29, 0.717) is 23.3 Å². The monoisotopic (exact) mass is 444 g/mol. The highest BCUT2D eigenvalue weighted by Gasteiger charge is 2.51. The summed E-state index contributed by atoms with van der Waals surface area (Å²) in [5, 5.41) is 8.90. The van der Waals surface area contributed by atoms with Crippen molar-refractivity contribution in [3.05, 3.63) is 71.1 Å². The molecule has 172 valence electrons. The Labute approximate surface area is 195 Å². The largest absolute Gasteiger partial charge is 0.481 e. The van der Waals surface area contributed by atoms with Gasteiger partial charge in [0.25, 0.3) is 5.91 Å². The first-order chi connectivity index (χ1) is 15.9. The van der Waals surface area contributed by atoms with Crippen LogP contribution in [0, 0.1) is 17.3 Å². The van der Waals surface area contributed by atoms with Crippen molar-refractivity contribution in [2.24, 2.45) is 17.3 Å². The number of aromatic nitrogens is 1. The van der Waals surface area contributed by atoms with Crippen molar-refractivity contribution in [2.45, 2.75) is 51.4 Å². The van der Waals surface area contributed by atoms with E-state index in [9.17, 15) is 9.59 Å². The Hall–Kier alpha value is -2.95. The number of aryl methyl sites for hydroxylation is 1. The number of carboxylic acids is 1. The minimum Gasteiger partial charge on any atom is -0.481 e. The molecule has 2 aromatic rings. The molecule has 1 amide bonds. The number of nitrogens with zero attached hydrogens (tertiary/aromatic N) is 2. The van der Waals surface area contributed by atoms with E-state index in [1.807, 2.05) is 24.5 Å². The van der Waals surface area contributed by atoms with E-state index in [0.717, 1.165) is 12.8 Å². The van der Waals surface area contributed by atoms with Gasteiger partial charge in [-0.05, 0) is 95.7 Å². The summed E-state index contributed by atoms with van der Waals surface area (Å²) < 4.78 is 0. The fourth-order valence-electron chi connectivity index (χ4n) is 6.84. The van der Waals surface area contributed by atoms with Crippen molar-refractivity contribution >= 4 is 17.4 Å². The van der Waals surface area contributed by atoms with Gasteiger partial charge >= 0.3 is 5.97 Å². The summed E-state index contributed by atoms with van der Waals surface area (Å²) in [7, 11) is 1.68. The quantitative estimate of drug-likeness (QED) is 0.690. The Morgan fingerprint density at radius 2 is 2.09 bits per heavy atom. The SMILES string of the molecule is CN(CCC(=O)O)C(=O)c1ccc2c(c1)CCC1C2CC[C@]2(C)C(c3cccnc3)=CCC12. The first-order valence-electron chi connectivity index (χ1n) is 12.1. The zero-order chi connectivity index (χ0) is 23.2. The molecule has 1 saturated carbocycles. The van der Waals surface area contributed by atoms with Crippen LogP contribution in [0.2, 0.25) is 0 Å². The number of hydrogen-bond donors (Lipinski definition) is 1. The molecule has 0 aliphatic heterocycles. The number of amides is 1. The number of aliphatic carboxylic acids is 1. The van der Waals surface area contributed by atoms with Crippen LogP contribution in [0.3, 0.4) is 0 Å². The Morgan fingerprint density at radius 1 is 1.24 bits per heavy atom. The van der Waals surface area contributed by atoms with Gasteiger partial charge in [0.05, 0.1) is 6.42 Å². The molecule has 3 aliphatic rings. The average molecular weight is 445 g/mol. The average Bonchev–Trinajstić information content (AvgIpc) is 3.19. The Kier molecular flexibility index (Phi) is 5.59. The van der Waals surface area contributed by atoms with Gasteiger partial charge in [0, 0.05) is 31.5 Å². The van der Waals surface area contributed by atoms with Gasteiger partial charge in [-0.2, -0.15) is 0 Å². The lowest BCUT2D eigenvalue weighted by molar-refractivity contribution is -0.137. The predicted octanol–water partition coefficient (Wildman–Crippen LogP) is 5.18. The molecule has 1 heterocycles. The van der Waals surface area contributed by atoms with Gasteiger partial charge in [0.2, 0.25) is 0 Å². The molecule has 0 bridgehead atoms. The Balaban J connectivity index is 1.35. The number of carbonyl (C=O) groups excluding carboxylic acids is 1. The van der Waals surface area contributed by atoms with Crippen LogP contribution in [-0.2, 0) is 11.2 Å². The van der Waals surface area contributed by atoms with Crippen molar-refractivity contribution < 1.29 is 14.7 Å².